The molecular formula is C13H17NO4S. The lowest BCUT2D eigenvalue weighted by atomic mass is 10.2. The van der Waals surface area contributed by atoms with Crippen molar-refractivity contribution in [3.05, 3.63) is 21.4 Å². The summed E-state index contributed by atoms with van der Waals surface area (Å²) in [5.74, 6) is -0.929. The van der Waals surface area contributed by atoms with Crippen LogP contribution in [0.5, 0.6) is 0 Å². The maximum atomic E-state index is 12.3. The maximum Gasteiger partial charge on any atom is 0.306 e. The van der Waals surface area contributed by atoms with Crippen LogP contribution in [0.3, 0.4) is 0 Å². The molecule has 2 rings (SSSR count). The van der Waals surface area contributed by atoms with E-state index in [-0.39, 0.29) is 12.3 Å². The lowest BCUT2D eigenvalue weighted by molar-refractivity contribution is -0.141. The first-order chi connectivity index (χ1) is 8.97. The number of aryl methyl sites for hydroxylation is 2. The van der Waals surface area contributed by atoms with Gasteiger partial charge >= 0.3 is 5.97 Å². The monoisotopic (exact) mass is 283 g/mol. The number of nitrogens with zero attached hydrogens (tertiary/aromatic N) is 1. The Labute approximate surface area is 115 Å². The molecule has 0 radical (unpaired) electrons. The van der Waals surface area contributed by atoms with Gasteiger partial charge in [0.1, 0.15) is 0 Å². The molecule has 1 aliphatic heterocycles. The third-order valence-electron chi connectivity index (χ3n) is 3.21. The van der Waals surface area contributed by atoms with E-state index in [4.69, 9.17) is 9.84 Å². The highest BCUT2D eigenvalue weighted by molar-refractivity contribution is 7.14. The van der Waals surface area contributed by atoms with Crippen molar-refractivity contribution in [2.75, 3.05) is 19.7 Å². The number of aliphatic carboxylic acids is 1. The minimum absolute atomic E-state index is 0.0279. The maximum absolute atomic E-state index is 12.3. The fourth-order valence-corrected chi connectivity index (χ4v) is 3.06. The number of carboxylic acids is 1. The summed E-state index contributed by atoms with van der Waals surface area (Å²) in [5.41, 5.74) is 1.11. The molecule has 1 atom stereocenters. The Kier molecular flexibility index (Phi) is 4.21. The van der Waals surface area contributed by atoms with Crippen LogP contribution in [-0.2, 0) is 9.53 Å². The summed E-state index contributed by atoms with van der Waals surface area (Å²) in [7, 11) is 0. The molecule has 0 aromatic carbocycles. The minimum Gasteiger partial charge on any atom is -0.481 e. The molecule has 0 aliphatic carbocycles. The summed E-state index contributed by atoms with van der Waals surface area (Å²) >= 11 is 1.48. The molecule has 1 N–H and O–H groups in total. The van der Waals surface area contributed by atoms with E-state index in [9.17, 15) is 9.59 Å². The molecule has 1 aliphatic rings. The van der Waals surface area contributed by atoms with Crippen LogP contribution in [0, 0.1) is 13.8 Å². The topological polar surface area (TPSA) is 66.8 Å². The van der Waals surface area contributed by atoms with Crippen LogP contribution in [0.4, 0.5) is 0 Å². The third-order valence-corrected chi connectivity index (χ3v) is 4.35. The predicted octanol–water partition coefficient (Wildman–Crippen LogP) is 1.68. The third kappa shape index (κ3) is 3.33. The van der Waals surface area contributed by atoms with E-state index in [2.05, 4.69) is 0 Å². The molecule has 0 bridgehead atoms. The van der Waals surface area contributed by atoms with Gasteiger partial charge in [0.05, 0.1) is 24.0 Å². The molecule has 5 nitrogen and oxygen atoms in total. The number of rotatable bonds is 3. The van der Waals surface area contributed by atoms with Gasteiger partial charge < -0.3 is 14.7 Å². The summed E-state index contributed by atoms with van der Waals surface area (Å²) in [4.78, 5) is 26.5. The van der Waals surface area contributed by atoms with Crippen molar-refractivity contribution in [3.63, 3.8) is 0 Å². The standard InChI is InChI=1S/C13H17NO4S/c1-8-5-11(19-9(8)2)13(17)14-3-4-18-10(7-14)6-12(15)16/h5,10H,3-4,6-7H2,1-2H3,(H,15,16). The molecule has 1 unspecified atom stereocenters. The number of ether oxygens (including phenoxy) is 1. The van der Waals surface area contributed by atoms with E-state index in [1.165, 1.54) is 11.3 Å². The largest absolute Gasteiger partial charge is 0.481 e. The van der Waals surface area contributed by atoms with Crippen LogP contribution in [-0.4, -0.2) is 47.7 Å². The second kappa shape index (κ2) is 5.71. The smallest absolute Gasteiger partial charge is 0.306 e. The highest BCUT2D eigenvalue weighted by Crippen LogP contribution is 2.23. The Morgan fingerprint density at radius 2 is 2.26 bits per heavy atom. The van der Waals surface area contributed by atoms with Crippen LogP contribution in [0.25, 0.3) is 0 Å². The number of morpholine rings is 1. The first kappa shape index (κ1) is 14.0. The van der Waals surface area contributed by atoms with E-state index in [0.29, 0.717) is 24.6 Å². The fourth-order valence-electron chi connectivity index (χ4n) is 2.06. The van der Waals surface area contributed by atoms with Crippen molar-refractivity contribution in [3.8, 4) is 0 Å². The van der Waals surface area contributed by atoms with Gasteiger partial charge in [0.25, 0.3) is 5.91 Å². The summed E-state index contributed by atoms with van der Waals surface area (Å²) in [6, 6.07) is 1.89. The van der Waals surface area contributed by atoms with E-state index in [1.807, 2.05) is 19.9 Å². The van der Waals surface area contributed by atoms with Gasteiger partial charge in [-0.15, -0.1) is 11.3 Å². The normalized spacial score (nSPS) is 19.5. The average Bonchev–Trinajstić information content (AvgIpc) is 2.68. The van der Waals surface area contributed by atoms with Crippen molar-refractivity contribution < 1.29 is 19.4 Å². The fraction of sp³-hybridized carbons (Fsp3) is 0.538. The number of hydrogen-bond donors (Lipinski definition) is 1. The molecule has 2 heterocycles. The number of carbonyl (C=O) groups excluding carboxylic acids is 1. The summed E-state index contributed by atoms with van der Waals surface area (Å²) in [6.07, 6.45) is -0.468. The van der Waals surface area contributed by atoms with Crippen molar-refractivity contribution in [1.82, 2.24) is 4.90 Å². The van der Waals surface area contributed by atoms with Gasteiger partial charge in [-0.3, -0.25) is 9.59 Å². The highest BCUT2D eigenvalue weighted by atomic mass is 32.1. The Bertz CT molecular complexity index is 477. The van der Waals surface area contributed by atoms with Crippen LogP contribution >= 0.6 is 11.3 Å². The van der Waals surface area contributed by atoms with Gasteiger partial charge in [0, 0.05) is 18.0 Å². The first-order valence-corrected chi connectivity index (χ1v) is 6.98. The lowest BCUT2D eigenvalue weighted by Gasteiger charge is -2.32. The quantitative estimate of drug-likeness (QED) is 0.916. The van der Waals surface area contributed by atoms with Gasteiger partial charge in [-0.2, -0.15) is 0 Å². The Hall–Kier alpha value is -1.40. The van der Waals surface area contributed by atoms with Crippen molar-refractivity contribution in [2.24, 2.45) is 0 Å². The zero-order valence-corrected chi connectivity index (χ0v) is 11.8. The molecule has 1 fully saturated rings. The molecular weight excluding hydrogens is 266 g/mol. The van der Waals surface area contributed by atoms with Gasteiger partial charge in [0.2, 0.25) is 0 Å². The summed E-state index contributed by atoms with van der Waals surface area (Å²) < 4.78 is 5.36. The molecule has 1 aromatic rings. The van der Waals surface area contributed by atoms with Gasteiger partial charge in [-0.05, 0) is 25.5 Å². The second-order valence-corrected chi connectivity index (χ2v) is 5.95. The zero-order chi connectivity index (χ0) is 14.0. The van der Waals surface area contributed by atoms with Gasteiger partial charge in [-0.1, -0.05) is 0 Å². The molecule has 0 spiro atoms. The average molecular weight is 283 g/mol. The first-order valence-electron chi connectivity index (χ1n) is 6.17. The molecule has 0 saturated carbocycles. The molecule has 1 saturated heterocycles. The van der Waals surface area contributed by atoms with Gasteiger partial charge in [-0.25, -0.2) is 0 Å². The lowest BCUT2D eigenvalue weighted by Crippen LogP contribution is -2.46. The zero-order valence-electron chi connectivity index (χ0n) is 11.0. The SMILES string of the molecule is Cc1cc(C(=O)N2CCOC(CC(=O)O)C2)sc1C. The number of carboxylic acid groups (broad SMARTS) is 1. The van der Waals surface area contributed by atoms with Gasteiger partial charge in [0.15, 0.2) is 0 Å². The summed E-state index contributed by atoms with van der Waals surface area (Å²) in [6.45, 7) is 5.23. The van der Waals surface area contributed by atoms with Crippen LogP contribution in [0.1, 0.15) is 26.5 Å². The number of thiophene rings is 1. The minimum atomic E-state index is -0.901. The second-order valence-electron chi connectivity index (χ2n) is 4.69. The van der Waals surface area contributed by atoms with E-state index >= 15 is 0 Å². The van der Waals surface area contributed by atoms with Crippen LogP contribution < -0.4 is 0 Å². The number of carbonyl (C=O) groups is 2. The van der Waals surface area contributed by atoms with Crippen molar-refractivity contribution in [2.45, 2.75) is 26.4 Å². The number of hydrogen-bond acceptors (Lipinski definition) is 4. The molecule has 104 valence electrons. The van der Waals surface area contributed by atoms with Crippen LogP contribution in [0.15, 0.2) is 6.07 Å². The van der Waals surface area contributed by atoms with E-state index in [1.54, 1.807) is 4.90 Å². The predicted molar refractivity (Wildman–Crippen MR) is 71.7 cm³/mol. The Balaban J connectivity index is 2.04. The van der Waals surface area contributed by atoms with Crippen molar-refractivity contribution >= 4 is 23.2 Å². The number of amides is 1. The van der Waals surface area contributed by atoms with Crippen molar-refractivity contribution in [1.29, 1.82) is 0 Å². The molecule has 1 aromatic heterocycles. The molecule has 6 heteroatoms. The van der Waals surface area contributed by atoms with E-state index in [0.717, 1.165) is 10.4 Å². The summed E-state index contributed by atoms with van der Waals surface area (Å²) in [5, 5.41) is 8.77. The molecule has 19 heavy (non-hydrogen) atoms. The Morgan fingerprint density at radius 3 is 2.84 bits per heavy atom. The van der Waals surface area contributed by atoms with Crippen LogP contribution in [0.2, 0.25) is 0 Å². The van der Waals surface area contributed by atoms with E-state index < -0.39 is 12.1 Å². The Morgan fingerprint density at radius 1 is 1.53 bits per heavy atom. The highest BCUT2D eigenvalue weighted by Gasteiger charge is 2.27. The molecule has 1 amide bonds.